The first kappa shape index (κ1) is 33.6. The van der Waals surface area contributed by atoms with Crippen LogP contribution < -0.4 is 15.0 Å². The molecule has 0 radical (unpaired) electrons. The molecule has 4 aliphatic rings. The third-order valence-electron chi connectivity index (χ3n) is 10.9. The number of aromatic carboxylic acids is 1. The number of benzene rings is 2. The molecule has 2 aromatic rings. The maximum absolute atomic E-state index is 12.0. The molecule has 0 spiro atoms. The van der Waals surface area contributed by atoms with E-state index in [-0.39, 0.29) is 24.8 Å². The van der Waals surface area contributed by atoms with E-state index < -0.39 is 36.4 Å². The Kier molecular flexibility index (Phi) is 9.85. The van der Waals surface area contributed by atoms with Crippen LogP contribution >= 0.6 is 0 Å². The number of aliphatic hydroxyl groups excluding tert-OH is 3. The van der Waals surface area contributed by atoms with Gasteiger partial charge in [0.25, 0.3) is 0 Å². The number of nitrogens with one attached hydrogen (secondary N) is 1. The van der Waals surface area contributed by atoms with Gasteiger partial charge in [-0.3, -0.25) is 10.2 Å². The number of ether oxygens (including phenoxy) is 1. The monoisotopic (exact) mass is 625 g/mol. The maximum Gasteiger partial charge on any atom is 0.335 e. The van der Waals surface area contributed by atoms with Gasteiger partial charge in [-0.2, -0.15) is 5.06 Å². The Labute approximate surface area is 266 Å². The number of anilines is 1. The Bertz CT molecular complexity index is 1360. The lowest BCUT2D eigenvalue weighted by molar-refractivity contribution is -0.195. The van der Waals surface area contributed by atoms with Gasteiger partial charge in [-0.25, -0.2) is 4.79 Å². The fourth-order valence-electron chi connectivity index (χ4n) is 8.24. The summed E-state index contributed by atoms with van der Waals surface area (Å²) >= 11 is 0. The van der Waals surface area contributed by atoms with E-state index in [2.05, 4.69) is 26.1 Å². The van der Waals surface area contributed by atoms with Crippen molar-refractivity contribution in [3.05, 3.63) is 47.5 Å². The van der Waals surface area contributed by atoms with E-state index in [0.29, 0.717) is 41.1 Å². The largest absolute Gasteiger partial charge is 0.493 e. The van der Waals surface area contributed by atoms with Crippen molar-refractivity contribution >= 4 is 11.7 Å². The topological polar surface area (TPSA) is 135 Å². The van der Waals surface area contributed by atoms with Gasteiger partial charge in [0.1, 0.15) is 18.1 Å². The number of fused-ring (bicyclic) bond motifs is 2. The number of rotatable bonds is 12. The van der Waals surface area contributed by atoms with Crippen LogP contribution in [0, 0.1) is 29.1 Å². The van der Waals surface area contributed by atoms with Gasteiger partial charge >= 0.3 is 5.97 Å². The van der Waals surface area contributed by atoms with Crippen LogP contribution in [0.2, 0.25) is 0 Å². The number of hydrogen-bond donors (Lipinski definition) is 5. The average Bonchev–Trinajstić information content (AvgIpc) is 3.37. The molecule has 248 valence electrons. The zero-order valence-corrected chi connectivity index (χ0v) is 27.6. The average molecular weight is 626 g/mol. The second-order valence-corrected chi connectivity index (χ2v) is 14.1. The van der Waals surface area contributed by atoms with Crippen LogP contribution in [0.1, 0.15) is 63.4 Å². The second kappa shape index (κ2) is 13.2. The van der Waals surface area contributed by atoms with Crippen molar-refractivity contribution in [2.45, 2.75) is 84.5 Å². The molecule has 10 nitrogen and oxygen atoms in total. The zero-order valence-electron chi connectivity index (χ0n) is 27.6. The van der Waals surface area contributed by atoms with E-state index in [4.69, 9.17) is 9.57 Å². The van der Waals surface area contributed by atoms with Gasteiger partial charge < -0.3 is 30.1 Å². The zero-order chi connectivity index (χ0) is 32.8. The van der Waals surface area contributed by atoms with Gasteiger partial charge in [-0.15, -0.1) is 0 Å². The summed E-state index contributed by atoms with van der Waals surface area (Å²) in [4.78, 5) is 20.1. The summed E-state index contributed by atoms with van der Waals surface area (Å²) in [6, 6.07) is 10.4. The Hall–Kier alpha value is -2.73. The van der Waals surface area contributed by atoms with Crippen molar-refractivity contribution in [1.29, 1.82) is 0 Å². The predicted octanol–water partition coefficient (Wildman–Crippen LogP) is 3.97. The summed E-state index contributed by atoms with van der Waals surface area (Å²) in [6.07, 6.45) is -0.338. The molecule has 0 aromatic heterocycles. The lowest BCUT2D eigenvalue weighted by atomic mass is 9.44. The van der Waals surface area contributed by atoms with E-state index in [9.17, 15) is 25.2 Å². The molecule has 4 fully saturated rings. The number of aliphatic hydroxyl groups is 3. The first-order chi connectivity index (χ1) is 21.3. The van der Waals surface area contributed by atoms with Crippen LogP contribution in [0.3, 0.4) is 0 Å². The van der Waals surface area contributed by atoms with Crippen molar-refractivity contribution < 1.29 is 34.8 Å². The van der Waals surface area contributed by atoms with Crippen LogP contribution in [-0.4, -0.2) is 89.3 Å². The van der Waals surface area contributed by atoms with Gasteiger partial charge in [-0.1, -0.05) is 39.0 Å². The summed E-state index contributed by atoms with van der Waals surface area (Å²) < 4.78 is 6.21. The Morgan fingerprint density at radius 3 is 2.51 bits per heavy atom. The highest BCUT2D eigenvalue weighted by atomic mass is 16.7. The Morgan fingerprint density at radius 1 is 1.20 bits per heavy atom. The maximum atomic E-state index is 12.0. The van der Waals surface area contributed by atoms with Crippen molar-refractivity contribution in [2.75, 3.05) is 32.2 Å². The molecular formula is C35H51N3O7. The first-order valence-corrected chi connectivity index (χ1v) is 16.3. The molecule has 45 heavy (non-hydrogen) atoms. The molecule has 3 aliphatic carbocycles. The van der Waals surface area contributed by atoms with Gasteiger partial charge in [0, 0.05) is 42.9 Å². The molecule has 2 aromatic carbocycles. The normalized spacial score (nSPS) is 30.4. The summed E-state index contributed by atoms with van der Waals surface area (Å²) in [7, 11) is 3.73. The highest BCUT2D eigenvalue weighted by molar-refractivity contribution is 5.92. The number of carboxylic acids is 1. The van der Waals surface area contributed by atoms with Crippen LogP contribution in [0.25, 0.3) is 11.1 Å². The quantitative estimate of drug-likeness (QED) is 0.221. The minimum Gasteiger partial charge on any atom is -0.493 e. The van der Waals surface area contributed by atoms with E-state index in [1.54, 1.807) is 24.1 Å². The highest BCUT2D eigenvalue weighted by Crippen LogP contribution is 2.61. The standard InChI is InChI=1S/C35H51N3O7/c1-8-44-32-21(10-9-11-26(32)22-12-23(34(42)43)14-25(13-22)37(6)7)17-38-31(30(20(3)40)29(18-39)45-38)33(41)36-28-16-24-15-27(19(28)2)35(24,4)5/h9-14,19-20,24,27-31,33,36,39-41H,8,15-18H2,1-7H3,(H,42,43)/t19-,20-,24-,27-,28-,29-,30+,31-,33?/m0/s1. The number of carbonyl (C=O) groups is 1. The van der Waals surface area contributed by atoms with Crippen molar-refractivity contribution in [3.63, 3.8) is 0 Å². The van der Waals surface area contributed by atoms with Gasteiger partial charge in [0.05, 0.1) is 37.5 Å². The van der Waals surface area contributed by atoms with Crippen LogP contribution in [0.5, 0.6) is 5.75 Å². The lowest BCUT2D eigenvalue weighted by Gasteiger charge is -2.62. The first-order valence-electron chi connectivity index (χ1n) is 16.3. The van der Waals surface area contributed by atoms with E-state index in [1.807, 2.05) is 50.2 Å². The minimum absolute atomic E-state index is 0.135. The molecule has 3 saturated carbocycles. The number of nitrogens with zero attached hydrogens (tertiary/aromatic N) is 2. The second-order valence-electron chi connectivity index (χ2n) is 14.1. The molecule has 10 heteroatoms. The molecule has 1 heterocycles. The summed E-state index contributed by atoms with van der Waals surface area (Å²) in [5.41, 5.74) is 3.44. The van der Waals surface area contributed by atoms with E-state index in [1.165, 1.54) is 6.42 Å². The fourth-order valence-corrected chi connectivity index (χ4v) is 8.24. The Morgan fingerprint density at radius 2 is 1.93 bits per heavy atom. The molecule has 6 rings (SSSR count). The molecule has 5 N–H and O–H groups in total. The lowest BCUT2D eigenvalue weighted by Crippen LogP contribution is -2.63. The SMILES string of the molecule is CCOc1c(CN2O[C@@H](CO)[C@@H]([C@H](C)O)[C@H]2C(O)N[C@H]2C[C@@H]3C[C@@H]([C@@H]2C)C3(C)C)cccc1-c1cc(C(=O)O)cc(N(C)C)c1. The summed E-state index contributed by atoms with van der Waals surface area (Å²) in [5.74, 6) is 0.623. The van der Waals surface area contributed by atoms with E-state index >= 15 is 0 Å². The fraction of sp³-hybridized carbons (Fsp3) is 0.629. The number of para-hydroxylation sites is 1. The Balaban J connectivity index is 1.47. The molecule has 1 unspecified atom stereocenters. The summed E-state index contributed by atoms with van der Waals surface area (Å²) in [5, 5.41) is 47.9. The van der Waals surface area contributed by atoms with Crippen LogP contribution in [0.4, 0.5) is 5.69 Å². The molecule has 2 bridgehead atoms. The van der Waals surface area contributed by atoms with Gasteiger partial charge in [-0.05, 0) is 73.6 Å². The number of carboxylic acid groups (broad SMARTS) is 1. The van der Waals surface area contributed by atoms with Crippen LogP contribution in [0.15, 0.2) is 36.4 Å². The third-order valence-corrected chi connectivity index (χ3v) is 10.9. The number of hydroxylamine groups is 2. The van der Waals surface area contributed by atoms with E-state index in [0.717, 1.165) is 23.2 Å². The molecule has 1 aliphatic heterocycles. The minimum atomic E-state index is -1.02. The van der Waals surface area contributed by atoms with Crippen molar-refractivity contribution in [3.8, 4) is 16.9 Å². The molecule has 1 saturated heterocycles. The van der Waals surface area contributed by atoms with Gasteiger partial charge in [0.2, 0.25) is 0 Å². The van der Waals surface area contributed by atoms with Crippen LogP contribution in [-0.2, 0) is 11.4 Å². The summed E-state index contributed by atoms with van der Waals surface area (Å²) in [6.45, 7) is 10.8. The molecular weight excluding hydrogens is 574 g/mol. The highest BCUT2D eigenvalue weighted by Gasteiger charge is 2.57. The number of hydrogen-bond acceptors (Lipinski definition) is 9. The predicted molar refractivity (Wildman–Crippen MR) is 173 cm³/mol. The molecule has 0 amide bonds. The van der Waals surface area contributed by atoms with Gasteiger partial charge in [0.15, 0.2) is 0 Å². The van der Waals surface area contributed by atoms with Crippen molar-refractivity contribution in [1.82, 2.24) is 10.4 Å². The smallest absolute Gasteiger partial charge is 0.335 e. The molecule has 9 atom stereocenters. The van der Waals surface area contributed by atoms with Crippen molar-refractivity contribution in [2.24, 2.45) is 29.1 Å². The third kappa shape index (κ3) is 6.33.